The topological polar surface area (TPSA) is 97.3 Å². The van der Waals surface area contributed by atoms with Gasteiger partial charge in [0.15, 0.2) is 0 Å². The number of ether oxygens (including phenoxy) is 2. The van der Waals surface area contributed by atoms with Crippen LogP contribution in [0.25, 0.3) is 0 Å². The highest BCUT2D eigenvalue weighted by Gasteiger charge is 2.27. The van der Waals surface area contributed by atoms with Crippen molar-refractivity contribution in [3.8, 4) is 11.5 Å². The lowest BCUT2D eigenvalue weighted by Crippen LogP contribution is -2.39. The van der Waals surface area contributed by atoms with Crippen molar-refractivity contribution in [1.82, 2.24) is 9.73 Å². The summed E-state index contributed by atoms with van der Waals surface area (Å²) in [6.07, 6.45) is 1.46. The van der Waals surface area contributed by atoms with Crippen LogP contribution in [0.1, 0.15) is 16.7 Å². The second-order valence-corrected chi connectivity index (χ2v) is 9.40. The van der Waals surface area contributed by atoms with Crippen LogP contribution in [0.4, 0.5) is 0 Å². The molecular weight excluding hydrogens is 454 g/mol. The third kappa shape index (κ3) is 6.43. The molecule has 0 aromatic heterocycles. The zero-order valence-electron chi connectivity index (χ0n) is 19.3. The quantitative estimate of drug-likeness (QED) is 0.354. The van der Waals surface area contributed by atoms with Crippen LogP contribution in [-0.4, -0.2) is 45.6 Å². The van der Waals surface area contributed by atoms with Gasteiger partial charge < -0.3 is 9.47 Å². The van der Waals surface area contributed by atoms with Crippen molar-refractivity contribution in [2.45, 2.75) is 18.4 Å². The van der Waals surface area contributed by atoms with Gasteiger partial charge in [0.2, 0.25) is 10.0 Å². The van der Waals surface area contributed by atoms with Crippen LogP contribution in [0, 0.1) is 6.92 Å². The Hall–Kier alpha value is -3.69. The number of sulfonamides is 1. The Bertz CT molecular complexity index is 1260. The van der Waals surface area contributed by atoms with Crippen LogP contribution in [0.2, 0.25) is 0 Å². The normalized spacial score (nSPS) is 11.5. The molecule has 3 rings (SSSR count). The monoisotopic (exact) mass is 481 g/mol. The summed E-state index contributed by atoms with van der Waals surface area (Å²) in [5, 5.41) is 3.95. The first-order valence-corrected chi connectivity index (χ1v) is 11.9. The Labute approximate surface area is 199 Å². The largest absolute Gasteiger partial charge is 0.497 e. The molecule has 0 saturated carbocycles. The molecular formula is C25H27N3O5S. The predicted molar refractivity (Wildman–Crippen MR) is 130 cm³/mol. The molecule has 0 bridgehead atoms. The summed E-state index contributed by atoms with van der Waals surface area (Å²) in [7, 11) is -0.897. The van der Waals surface area contributed by atoms with Gasteiger partial charge in [-0.25, -0.2) is 13.8 Å². The molecule has 1 N–H and O–H groups in total. The Morgan fingerprint density at radius 1 is 1.00 bits per heavy atom. The van der Waals surface area contributed by atoms with Gasteiger partial charge in [-0.1, -0.05) is 42.5 Å². The van der Waals surface area contributed by atoms with E-state index in [1.165, 1.54) is 25.5 Å². The number of hydrogen-bond donors (Lipinski definition) is 1. The average molecular weight is 482 g/mol. The standard InChI is InChI=1S/C25H27N3O5S/c1-19-14-23(12-13-24(19)33-3)34(30,31)28(17-20-8-5-4-6-9-20)18-25(29)27-26-16-21-10-7-11-22(15-21)32-2/h4-16H,17-18H2,1-3H3,(H,27,29). The molecule has 9 heteroatoms. The second-order valence-electron chi connectivity index (χ2n) is 7.46. The van der Waals surface area contributed by atoms with Gasteiger partial charge in [0.05, 0.1) is 31.9 Å². The number of nitrogens with zero attached hydrogens (tertiary/aromatic N) is 2. The van der Waals surface area contributed by atoms with Gasteiger partial charge in [-0.15, -0.1) is 0 Å². The molecule has 34 heavy (non-hydrogen) atoms. The first-order chi connectivity index (χ1) is 16.3. The lowest BCUT2D eigenvalue weighted by atomic mass is 10.2. The van der Waals surface area contributed by atoms with Crippen molar-refractivity contribution in [2.75, 3.05) is 20.8 Å². The average Bonchev–Trinajstić information content (AvgIpc) is 2.84. The number of aryl methyl sites for hydroxylation is 1. The maximum atomic E-state index is 13.4. The molecule has 0 saturated heterocycles. The van der Waals surface area contributed by atoms with Crippen LogP contribution in [0.15, 0.2) is 82.8 Å². The van der Waals surface area contributed by atoms with Crippen molar-refractivity contribution in [1.29, 1.82) is 0 Å². The minimum absolute atomic E-state index is 0.0290. The summed E-state index contributed by atoms with van der Waals surface area (Å²) in [5.74, 6) is 0.673. The van der Waals surface area contributed by atoms with Gasteiger partial charge in [-0.2, -0.15) is 9.41 Å². The highest BCUT2D eigenvalue weighted by Crippen LogP contribution is 2.24. The highest BCUT2D eigenvalue weighted by molar-refractivity contribution is 7.89. The van der Waals surface area contributed by atoms with E-state index in [0.29, 0.717) is 17.1 Å². The van der Waals surface area contributed by atoms with Crippen LogP contribution < -0.4 is 14.9 Å². The van der Waals surface area contributed by atoms with Gasteiger partial charge in [-0.05, 0) is 53.9 Å². The minimum Gasteiger partial charge on any atom is -0.497 e. The maximum absolute atomic E-state index is 13.4. The number of hydrogen-bond acceptors (Lipinski definition) is 6. The second kappa shape index (κ2) is 11.4. The third-order valence-corrected chi connectivity index (χ3v) is 6.81. The van der Waals surface area contributed by atoms with E-state index >= 15 is 0 Å². The fourth-order valence-corrected chi connectivity index (χ4v) is 4.74. The van der Waals surface area contributed by atoms with E-state index in [9.17, 15) is 13.2 Å². The fourth-order valence-electron chi connectivity index (χ4n) is 3.27. The van der Waals surface area contributed by atoms with E-state index in [1.807, 2.05) is 18.2 Å². The third-order valence-electron chi connectivity index (χ3n) is 5.02. The minimum atomic E-state index is -3.98. The van der Waals surface area contributed by atoms with E-state index in [2.05, 4.69) is 10.5 Å². The number of amides is 1. The number of hydrazone groups is 1. The molecule has 178 valence electrons. The molecule has 3 aromatic rings. The summed E-state index contributed by atoms with van der Waals surface area (Å²) in [5.41, 5.74) is 4.56. The van der Waals surface area contributed by atoms with E-state index < -0.39 is 22.5 Å². The number of rotatable bonds is 10. The highest BCUT2D eigenvalue weighted by atomic mass is 32.2. The number of methoxy groups -OCH3 is 2. The first-order valence-electron chi connectivity index (χ1n) is 10.5. The molecule has 0 fully saturated rings. The van der Waals surface area contributed by atoms with Crippen LogP contribution in [0.3, 0.4) is 0 Å². The molecule has 8 nitrogen and oxygen atoms in total. The van der Waals surface area contributed by atoms with Crippen molar-refractivity contribution >= 4 is 22.1 Å². The molecule has 0 aliphatic carbocycles. The zero-order valence-corrected chi connectivity index (χ0v) is 20.1. The molecule has 0 atom stereocenters. The zero-order chi connectivity index (χ0) is 24.6. The van der Waals surface area contributed by atoms with Crippen LogP contribution >= 0.6 is 0 Å². The number of nitrogens with one attached hydrogen (secondary N) is 1. The summed E-state index contributed by atoms with van der Waals surface area (Å²) < 4.78 is 38.4. The SMILES string of the molecule is COc1cccc(C=NNC(=O)CN(Cc2ccccc2)S(=O)(=O)c2ccc(OC)c(C)c2)c1. The van der Waals surface area contributed by atoms with Gasteiger partial charge in [0, 0.05) is 6.54 Å². The molecule has 1 amide bonds. The Balaban J connectivity index is 1.80. The van der Waals surface area contributed by atoms with E-state index in [0.717, 1.165) is 15.4 Å². The molecule has 0 heterocycles. The summed E-state index contributed by atoms with van der Waals surface area (Å²) >= 11 is 0. The van der Waals surface area contributed by atoms with Gasteiger partial charge >= 0.3 is 0 Å². The van der Waals surface area contributed by atoms with Crippen molar-refractivity contribution < 1.29 is 22.7 Å². The lowest BCUT2D eigenvalue weighted by Gasteiger charge is -2.22. The summed E-state index contributed by atoms with van der Waals surface area (Å²) in [6, 6.07) is 20.8. The van der Waals surface area contributed by atoms with Crippen molar-refractivity contribution in [3.63, 3.8) is 0 Å². The fraction of sp³-hybridized carbons (Fsp3) is 0.200. The van der Waals surface area contributed by atoms with E-state index in [1.54, 1.807) is 56.5 Å². The van der Waals surface area contributed by atoms with Gasteiger partial charge in [0.1, 0.15) is 11.5 Å². The molecule has 0 aliphatic heterocycles. The first kappa shape index (κ1) is 24.9. The Morgan fingerprint density at radius 2 is 1.76 bits per heavy atom. The van der Waals surface area contributed by atoms with Gasteiger partial charge in [-0.3, -0.25) is 4.79 Å². The molecule has 3 aromatic carbocycles. The van der Waals surface area contributed by atoms with E-state index in [-0.39, 0.29) is 11.4 Å². The molecule has 0 spiro atoms. The number of benzene rings is 3. The van der Waals surface area contributed by atoms with Crippen molar-refractivity contribution in [2.24, 2.45) is 5.10 Å². The summed E-state index contributed by atoms with van der Waals surface area (Å²) in [6.45, 7) is 1.39. The maximum Gasteiger partial charge on any atom is 0.255 e. The Kier molecular flexibility index (Phi) is 8.39. The molecule has 0 radical (unpaired) electrons. The molecule has 0 aliphatic rings. The predicted octanol–water partition coefficient (Wildman–Crippen LogP) is 3.35. The van der Waals surface area contributed by atoms with Crippen LogP contribution in [-0.2, 0) is 21.4 Å². The van der Waals surface area contributed by atoms with E-state index in [4.69, 9.17) is 9.47 Å². The molecule has 0 unspecified atom stereocenters. The summed E-state index contributed by atoms with van der Waals surface area (Å²) in [4.78, 5) is 12.7. The number of carbonyl (C=O) groups is 1. The van der Waals surface area contributed by atoms with Crippen molar-refractivity contribution in [3.05, 3.63) is 89.5 Å². The lowest BCUT2D eigenvalue weighted by molar-refractivity contribution is -0.121. The van der Waals surface area contributed by atoms with Crippen LogP contribution in [0.5, 0.6) is 11.5 Å². The Morgan fingerprint density at radius 3 is 2.44 bits per heavy atom. The number of carbonyl (C=O) groups excluding carboxylic acids is 1. The van der Waals surface area contributed by atoms with Gasteiger partial charge in [0.25, 0.3) is 5.91 Å². The smallest absolute Gasteiger partial charge is 0.255 e.